The molecule has 2 amide bonds. The van der Waals surface area contributed by atoms with E-state index in [1.807, 2.05) is 0 Å². The van der Waals surface area contributed by atoms with Crippen LogP contribution in [0.25, 0.3) is 0 Å². The Morgan fingerprint density at radius 3 is 2.43 bits per heavy atom. The van der Waals surface area contributed by atoms with Gasteiger partial charge in [0, 0.05) is 36.4 Å². The number of rotatable bonds is 6. The summed E-state index contributed by atoms with van der Waals surface area (Å²) in [5, 5.41) is 15.8. The highest BCUT2D eigenvalue weighted by atomic mass is 35.6. The Kier molecular flexibility index (Phi) is 7.06. The Morgan fingerprint density at radius 2 is 1.82 bits per heavy atom. The van der Waals surface area contributed by atoms with Gasteiger partial charge in [-0.15, -0.1) is 0 Å². The molecule has 0 heterocycles. The first kappa shape index (κ1) is 21.7. The van der Waals surface area contributed by atoms with Crippen LogP contribution in [0.3, 0.4) is 0 Å². The van der Waals surface area contributed by atoms with Gasteiger partial charge in [0.25, 0.3) is 11.6 Å². The van der Waals surface area contributed by atoms with Crippen LogP contribution in [0.15, 0.2) is 48.5 Å². The van der Waals surface area contributed by atoms with Crippen molar-refractivity contribution in [2.45, 2.75) is 16.9 Å². The van der Waals surface area contributed by atoms with E-state index in [2.05, 4.69) is 10.6 Å². The van der Waals surface area contributed by atoms with Crippen LogP contribution in [0.2, 0.25) is 0 Å². The summed E-state index contributed by atoms with van der Waals surface area (Å²) in [5.41, 5.74) is 0.170. The molecule has 0 aliphatic heterocycles. The summed E-state index contributed by atoms with van der Waals surface area (Å²) in [6, 6.07) is 11.3. The third-order valence-electron chi connectivity index (χ3n) is 3.29. The van der Waals surface area contributed by atoms with Gasteiger partial charge in [-0.05, 0) is 18.2 Å². The maximum Gasteiger partial charge on any atom is 0.270 e. The Balaban J connectivity index is 2.21. The number of nitro groups is 1. The molecule has 0 bridgehead atoms. The van der Waals surface area contributed by atoms with E-state index in [1.54, 1.807) is 12.1 Å². The number of carbonyl (C=O) groups is 2. The quantitative estimate of drug-likeness (QED) is 0.301. The summed E-state index contributed by atoms with van der Waals surface area (Å²) in [4.78, 5) is 33.8. The summed E-state index contributed by atoms with van der Waals surface area (Å²) in [5.74, 6) is -0.811. The molecule has 1 atom stereocenters. The summed E-state index contributed by atoms with van der Waals surface area (Å²) in [6.45, 7) is 1.34. The minimum atomic E-state index is -2.06. The number of hydrogen-bond acceptors (Lipinski definition) is 5. The maximum atomic E-state index is 12.4. The average molecular weight is 447 g/mol. The van der Waals surface area contributed by atoms with Crippen molar-refractivity contribution in [3.8, 4) is 5.75 Å². The van der Waals surface area contributed by atoms with Crippen LogP contribution < -0.4 is 15.4 Å². The molecule has 0 saturated carbocycles. The van der Waals surface area contributed by atoms with Crippen LogP contribution in [0.4, 0.5) is 11.4 Å². The summed E-state index contributed by atoms with van der Waals surface area (Å²) in [7, 11) is 0. The van der Waals surface area contributed by atoms with Crippen molar-refractivity contribution in [3.63, 3.8) is 0 Å². The molecule has 0 aliphatic carbocycles. The number of hydrogen-bond donors (Lipinski definition) is 2. The van der Waals surface area contributed by atoms with Gasteiger partial charge < -0.3 is 15.4 Å². The Bertz CT molecular complexity index is 902. The van der Waals surface area contributed by atoms with Crippen LogP contribution >= 0.6 is 34.8 Å². The topological polar surface area (TPSA) is 111 Å². The molecule has 0 saturated heterocycles. The van der Waals surface area contributed by atoms with Gasteiger partial charge in [-0.25, -0.2) is 0 Å². The summed E-state index contributed by atoms with van der Waals surface area (Å²) >= 11 is 17.7. The highest BCUT2D eigenvalue weighted by Crippen LogP contribution is 2.32. The second kappa shape index (κ2) is 9.09. The molecule has 8 nitrogen and oxygen atoms in total. The fourth-order valence-electron chi connectivity index (χ4n) is 2.13. The number of nitro benzene ring substituents is 1. The lowest BCUT2D eigenvalue weighted by molar-refractivity contribution is -0.384. The molecule has 2 N–H and O–H groups in total. The minimum Gasteiger partial charge on any atom is -0.466 e. The Hall–Kier alpha value is -2.55. The van der Waals surface area contributed by atoms with Crippen LogP contribution in [0.5, 0.6) is 5.75 Å². The van der Waals surface area contributed by atoms with Crippen molar-refractivity contribution in [1.29, 1.82) is 0 Å². The van der Waals surface area contributed by atoms with Gasteiger partial charge in [-0.1, -0.05) is 46.9 Å². The number of alkyl halides is 3. The fraction of sp³-hybridized carbons (Fsp3) is 0.176. The zero-order valence-corrected chi connectivity index (χ0v) is 16.6. The predicted molar refractivity (Wildman–Crippen MR) is 106 cm³/mol. The van der Waals surface area contributed by atoms with Gasteiger partial charge in [0.15, 0.2) is 0 Å². The summed E-state index contributed by atoms with van der Waals surface area (Å²) < 4.78 is 3.50. The molecule has 2 aromatic carbocycles. The van der Waals surface area contributed by atoms with Crippen LogP contribution in [-0.2, 0) is 4.79 Å². The molecule has 2 aromatic rings. The van der Waals surface area contributed by atoms with Crippen molar-refractivity contribution in [3.05, 3.63) is 64.2 Å². The number of benzene rings is 2. The first-order valence-corrected chi connectivity index (χ1v) is 8.86. The molecule has 148 valence electrons. The lowest BCUT2D eigenvalue weighted by atomic mass is 10.2. The molecule has 2 rings (SSSR count). The number of ether oxygens (including phenoxy) is 1. The van der Waals surface area contributed by atoms with Crippen molar-refractivity contribution < 1.29 is 19.2 Å². The number of amides is 2. The SMILES string of the molecule is CC(=O)Nc1cccc(O[C@H](NC(=O)c2cccc([N+](=O)[O-])c2)C(Cl)(Cl)Cl)c1. The van der Waals surface area contributed by atoms with Crippen molar-refractivity contribution in [2.75, 3.05) is 5.32 Å². The van der Waals surface area contributed by atoms with E-state index < -0.39 is 20.9 Å². The van der Waals surface area contributed by atoms with E-state index in [0.717, 1.165) is 6.07 Å². The van der Waals surface area contributed by atoms with E-state index in [9.17, 15) is 19.7 Å². The molecule has 0 unspecified atom stereocenters. The number of non-ortho nitro benzene ring substituents is 1. The molecule has 28 heavy (non-hydrogen) atoms. The van der Waals surface area contributed by atoms with Gasteiger partial charge in [0.1, 0.15) is 5.75 Å². The highest BCUT2D eigenvalue weighted by molar-refractivity contribution is 6.68. The van der Waals surface area contributed by atoms with Crippen LogP contribution in [0.1, 0.15) is 17.3 Å². The molecule has 0 radical (unpaired) electrons. The lowest BCUT2D eigenvalue weighted by Crippen LogP contribution is -2.47. The third kappa shape index (κ3) is 6.26. The molecular weight excluding hydrogens is 433 g/mol. The Morgan fingerprint density at radius 1 is 1.14 bits per heavy atom. The van der Waals surface area contributed by atoms with Crippen LogP contribution in [0, 0.1) is 10.1 Å². The Labute approximate surface area is 174 Å². The van der Waals surface area contributed by atoms with Crippen molar-refractivity contribution >= 4 is 58.0 Å². The normalized spacial score (nSPS) is 12.0. The molecule has 0 aromatic heterocycles. The minimum absolute atomic E-state index is 0.0101. The van der Waals surface area contributed by atoms with E-state index in [1.165, 1.54) is 37.3 Å². The smallest absolute Gasteiger partial charge is 0.270 e. The van der Waals surface area contributed by atoms with Crippen molar-refractivity contribution in [2.24, 2.45) is 0 Å². The first-order chi connectivity index (χ1) is 13.1. The molecule has 0 fully saturated rings. The van der Waals surface area contributed by atoms with Gasteiger partial charge >= 0.3 is 0 Å². The number of carbonyl (C=O) groups excluding carboxylic acids is 2. The number of nitrogens with zero attached hydrogens (tertiary/aromatic N) is 1. The number of nitrogens with one attached hydrogen (secondary N) is 2. The lowest BCUT2D eigenvalue weighted by Gasteiger charge is -2.26. The van der Waals surface area contributed by atoms with Gasteiger partial charge in [-0.2, -0.15) is 0 Å². The van der Waals surface area contributed by atoms with E-state index in [4.69, 9.17) is 39.5 Å². The number of anilines is 1. The van der Waals surface area contributed by atoms with Crippen LogP contribution in [-0.4, -0.2) is 26.8 Å². The van der Waals surface area contributed by atoms with E-state index >= 15 is 0 Å². The standard InChI is InChI=1S/C17H14Cl3N3O5/c1-10(24)21-12-5-3-7-14(9-12)28-16(17(18,19)20)22-15(25)11-4-2-6-13(8-11)23(26)27/h2-9,16H,1H3,(H,21,24)(H,22,25)/t16-/m0/s1. The fourth-order valence-corrected chi connectivity index (χ4v) is 2.43. The van der Waals surface area contributed by atoms with Gasteiger partial charge in [0.05, 0.1) is 4.92 Å². The maximum absolute atomic E-state index is 12.4. The molecule has 0 aliphatic rings. The second-order valence-corrected chi connectivity index (χ2v) is 7.90. The van der Waals surface area contributed by atoms with E-state index in [0.29, 0.717) is 5.69 Å². The third-order valence-corrected chi connectivity index (χ3v) is 3.88. The zero-order chi connectivity index (χ0) is 20.9. The van der Waals surface area contributed by atoms with Gasteiger partial charge in [-0.3, -0.25) is 19.7 Å². The largest absolute Gasteiger partial charge is 0.466 e. The summed E-state index contributed by atoms with van der Waals surface area (Å²) in [6.07, 6.45) is -1.42. The van der Waals surface area contributed by atoms with Crippen molar-refractivity contribution in [1.82, 2.24) is 5.32 Å². The zero-order valence-electron chi connectivity index (χ0n) is 14.3. The first-order valence-electron chi connectivity index (χ1n) is 7.72. The molecular formula is C17H14Cl3N3O5. The second-order valence-electron chi connectivity index (χ2n) is 5.53. The molecule has 11 heteroatoms. The number of halogens is 3. The van der Waals surface area contributed by atoms with E-state index in [-0.39, 0.29) is 22.9 Å². The predicted octanol–water partition coefficient (Wildman–Crippen LogP) is 4.06. The monoisotopic (exact) mass is 445 g/mol. The molecule has 0 spiro atoms. The van der Waals surface area contributed by atoms with Gasteiger partial charge in [0.2, 0.25) is 15.9 Å². The highest BCUT2D eigenvalue weighted by Gasteiger charge is 2.36. The average Bonchev–Trinajstić information content (AvgIpc) is 2.60.